The molecule has 0 saturated carbocycles. The van der Waals surface area contributed by atoms with Crippen LogP contribution in [0.2, 0.25) is 0 Å². The van der Waals surface area contributed by atoms with Gasteiger partial charge in [-0.15, -0.1) is 11.3 Å². The number of aryl methyl sites for hydroxylation is 1. The molecule has 1 amide bonds. The van der Waals surface area contributed by atoms with Crippen LogP contribution in [0.4, 0.5) is 5.69 Å². The van der Waals surface area contributed by atoms with Crippen LogP contribution in [0.25, 0.3) is 10.2 Å². The molecule has 1 aliphatic rings. The Kier molecular flexibility index (Phi) is 6.13. The van der Waals surface area contributed by atoms with E-state index in [1.807, 2.05) is 24.3 Å². The number of fused-ring (bicyclic) bond motifs is 2. The first-order valence-corrected chi connectivity index (χ1v) is 10.6. The first-order chi connectivity index (χ1) is 14.6. The van der Waals surface area contributed by atoms with E-state index in [0.29, 0.717) is 43.2 Å². The fourth-order valence-electron chi connectivity index (χ4n) is 3.09. The Labute approximate surface area is 178 Å². The van der Waals surface area contributed by atoms with Crippen molar-refractivity contribution in [3.05, 3.63) is 47.5 Å². The van der Waals surface area contributed by atoms with Gasteiger partial charge in [0.15, 0.2) is 17.6 Å². The van der Waals surface area contributed by atoms with E-state index in [4.69, 9.17) is 14.2 Å². The van der Waals surface area contributed by atoms with E-state index < -0.39 is 18.0 Å². The fourth-order valence-corrected chi connectivity index (χ4v) is 4.09. The average Bonchev–Trinajstić information content (AvgIpc) is 3.16. The van der Waals surface area contributed by atoms with Crippen LogP contribution in [-0.2, 0) is 20.7 Å². The summed E-state index contributed by atoms with van der Waals surface area (Å²) in [6.07, 6.45) is 0.659. The van der Waals surface area contributed by atoms with Crippen LogP contribution in [0.3, 0.4) is 0 Å². The second-order valence-electron chi connectivity index (χ2n) is 6.91. The lowest BCUT2D eigenvalue weighted by molar-refractivity contribution is -0.153. The number of nitrogens with zero attached hydrogens (tertiary/aromatic N) is 1. The molecule has 0 bridgehead atoms. The lowest BCUT2D eigenvalue weighted by Crippen LogP contribution is -2.30. The smallest absolute Gasteiger partial charge is 0.306 e. The number of thiazole rings is 1. The lowest BCUT2D eigenvalue weighted by Gasteiger charge is -2.19. The molecule has 7 nitrogen and oxygen atoms in total. The first kappa shape index (κ1) is 20.2. The minimum Gasteiger partial charge on any atom is -0.486 e. The van der Waals surface area contributed by atoms with Crippen molar-refractivity contribution in [2.45, 2.75) is 32.3 Å². The topological polar surface area (TPSA) is 86.8 Å². The zero-order chi connectivity index (χ0) is 20.9. The van der Waals surface area contributed by atoms with Crippen LogP contribution in [0.5, 0.6) is 11.5 Å². The molecule has 0 saturated heterocycles. The fraction of sp³-hybridized carbons (Fsp3) is 0.318. The minimum absolute atomic E-state index is 0.234. The molecule has 1 aromatic heterocycles. The number of benzene rings is 2. The Bertz CT molecular complexity index is 1030. The molecule has 1 N–H and O–H groups in total. The summed E-state index contributed by atoms with van der Waals surface area (Å²) in [6.45, 7) is 2.53. The highest BCUT2D eigenvalue weighted by Crippen LogP contribution is 2.32. The third-order valence-electron chi connectivity index (χ3n) is 4.60. The molecule has 3 aromatic rings. The molecule has 1 atom stereocenters. The van der Waals surface area contributed by atoms with E-state index in [0.717, 1.165) is 15.2 Å². The second kappa shape index (κ2) is 9.13. The molecule has 0 aliphatic carbocycles. The van der Waals surface area contributed by atoms with Crippen LogP contribution in [0.15, 0.2) is 42.5 Å². The number of esters is 1. The van der Waals surface area contributed by atoms with Crippen molar-refractivity contribution in [2.75, 3.05) is 18.5 Å². The zero-order valence-electron chi connectivity index (χ0n) is 16.6. The molecule has 1 aliphatic heterocycles. The summed E-state index contributed by atoms with van der Waals surface area (Å²) >= 11 is 1.63. The molecule has 0 fully saturated rings. The quantitative estimate of drug-likeness (QED) is 0.576. The van der Waals surface area contributed by atoms with Crippen LogP contribution in [0.1, 0.15) is 24.8 Å². The zero-order valence-corrected chi connectivity index (χ0v) is 17.4. The molecule has 2 aromatic carbocycles. The molecule has 0 radical (unpaired) electrons. The minimum atomic E-state index is -0.895. The summed E-state index contributed by atoms with van der Waals surface area (Å²) in [5.41, 5.74) is 1.53. The lowest BCUT2D eigenvalue weighted by atomic mass is 10.2. The number of hydrogen-bond acceptors (Lipinski definition) is 7. The van der Waals surface area contributed by atoms with Gasteiger partial charge in [-0.25, -0.2) is 4.98 Å². The van der Waals surface area contributed by atoms with Gasteiger partial charge in [-0.3, -0.25) is 9.59 Å². The van der Waals surface area contributed by atoms with Gasteiger partial charge in [0.1, 0.15) is 13.2 Å². The normalized spacial score (nSPS) is 13.6. The van der Waals surface area contributed by atoms with Crippen molar-refractivity contribution in [3.8, 4) is 11.5 Å². The van der Waals surface area contributed by atoms with Crippen molar-refractivity contribution in [1.29, 1.82) is 0 Å². The summed E-state index contributed by atoms with van der Waals surface area (Å²) in [5, 5.41) is 3.73. The largest absolute Gasteiger partial charge is 0.486 e. The standard InChI is InChI=1S/C22H22N2O5S/c1-14(22(26)23-15-9-10-17-18(13-15)28-12-11-27-17)29-21(25)8-4-7-20-24-16-5-2-3-6-19(16)30-20/h2-3,5-6,9-10,13-14H,4,7-8,11-12H2,1H3,(H,23,26)/t14-/m0/s1. The van der Waals surface area contributed by atoms with Crippen molar-refractivity contribution in [2.24, 2.45) is 0 Å². The van der Waals surface area contributed by atoms with E-state index in [1.165, 1.54) is 0 Å². The summed E-state index contributed by atoms with van der Waals surface area (Å²) in [7, 11) is 0. The average molecular weight is 426 g/mol. The highest BCUT2D eigenvalue weighted by Gasteiger charge is 2.19. The number of para-hydroxylation sites is 1. The van der Waals surface area contributed by atoms with Crippen LogP contribution < -0.4 is 14.8 Å². The molecule has 0 unspecified atom stereocenters. The van der Waals surface area contributed by atoms with E-state index in [-0.39, 0.29) is 6.42 Å². The van der Waals surface area contributed by atoms with Crippen LogP contribution >= 0.6 is 11.3 Å². The van der Waals surface area contributed by atoms with E-state index >= 15 is 0 Å². The van der Waals surface area contributed by atoms with E-state index in [9.17, 15) is 9.59 Å². The molecule has 156 valence electrons. The highest BCUT2D eigenvalue weighted by molar-refractivity contribution is 7.18. The first-order valence-electron chi connectivity index (χ1n) is 9.83. The van der Waals surface area contributed by atoms with Gasteiger partial charge in [-0.1, -0.05) is 12.1 Å². The maximum absolute atomic E-state index is 12.3. The number of carbonyl (C=O) groups is 2. The Morgan fingerprint density at radius 3 is 2.80 bits per heavy atom. The molecule has 8 heteroatoms. The summed E-state index contributed by atoms with van der Waals surface area (Å²) in [5.74, 6) is 0.428. The van der Waals surface area contributed by atoms with Gasteiger partial charge in [-0.2, -0.15) is 0 Å². The predicted molar refractivity (Wildman–Crippen MR) is 114 cm³/mol. The third-order valence-corrected chi connectivity index (χ3v) is 5.69. The van der Waals surface area contributed by atoms with Gasteiger partial charge in [0.05, 0.1) is 15.2 Å². The van der Waals surface area contributed by atoms with Gasteiger partial charge < -0.3 is 19.5 Å². The third kappa shape index (κ3) is 4.88. The number of hydrogen-bond donors (Lipinski definition) is 1. The number of anilines is 1. The Balaban J connectivity index is 1.23. The summed E-state index contributed by atoms with van der Waals surface area (Å²) in [6, 6.07) is 13.1. The van der Waals surface area contributed by atoms with Crippen LogP contribution in [-0.4, -0.2) is 36.2 Å². The van der Waals surface area contributed by atoms with Gasteiger partial charge in [0, 0.05) is 18.2 Å². The highest BCUT2D eigenvalue weighted by atomic mass is 32.1. The number of carbonyl (C=O) groups excluding carboxylic acids is 2. The van der Waals surface area contributed by atoms with Gasteiger partial charge in [0.2, 0.25) is 0 Å². The number of ether oxygens (including phenoxy) is 3. The SMILES string of the molecule is C[C@H](OC(=O)CCCc1nc2ccccc2s1)C(=O)Nc1ccc2c(c1)OCCO2. The monoisotopic (exact) mass is 426 g/mol. The Morgan fingerprint density at radius 2 is 1.97 bits per heavy atom. The van der Waals surface area contributed by atoms with Gasteiger partial charge >= 0.3 is 5.97 Å². The van der Waals surface area contributed by atoms with E-state index in [1.54, 1.807) is 36.5 Å². The van der Waals surface area contributed by atoms with Crippen molar-refractivity contribution in [1.82, 2.24) is 4.98 Å². The molecular formula is C22H22N2O5S. The van der Waals surface area contributed by atoms with Crippen molar-refractivity contribution in [3.63, 3.8) is 0 Å². The summed E-state index contributed by atoms with van der Waals surface area (Å²) < 4.78 is 17.4. The van der Waals surface area contributed by atoms with Gasteiger partial charge in [0.25, 0.3) is 5.91 Å². The molecule has 30 heavy (non-hydrogen) atoms. The Morgan fingerprint density at radius 1 is 1.17 bits per heavy atom. The molecule has 2 heterocycles. The Hall–Kier alpha value is -3.13. The summed E-state index contributed by atoms with van der Waals surface area (Å²) in [4.78, 5) is 29.0. The van der Waals surface area contributed by atoms with Crippen LogP contribution in [0, 0.1) is 0 Å². The predicted octanol–water partition coefficient (Wildman–Crippen LogP) is 3.96. The number of nitrogens with one attached hydrogen (secondary N) is 1. The maximum Gasteiger partial charge on any atom is 0.306 e. The number of amides is 1. The van der Waals surface area contributed by atoms with Gasteiger partial charge in [-0.05, 0) is 44.0 Å². The number of aromatic nitrogens is 1. The van der Waals surface area contributed by atoms with Crippen molar-refractivity contribution >= 4 is 39.1 Å². The second-order valence-corrected chi connectivity index (χ2v) is 8.02. The molecule has 4 rings (SSSR count). The van der Waals surface area contributed by atoms with E-state index in [2.05, 4.69) is 10.3 Å². The molecule has 0 spiro atoms. The molecular weight excluding hydrogens is 404 g/mol. The number of rotatable bonds is 7. The van der Waals surface area contributed by atoms with Crippen molar-refractivity contribution < 1.29 is 23.8 Å². The maximum atomic E-state index is 12.3.